The second-order valence-electron chi connectivity index (χ2n) is 6.18. The van der Waals surface area contributed by atoms with Crippen LogP contribution in [0.5, 0.6) is 0 Å². The first kappa shape index (κ1) is 19.3. The van der Waals surface area contributed by atoms with Crippen molar-refractivity contribution in [2.75, 3.05) is 0 Å². The van der Waals surface area contributed by atoms with Gasteiger partial charge in [0, 0.05) is 11.8 Å². The molecule has 2 heterocycles. The Kier molecular flexibility index (Phi) is 4.80. The van der Waals surface area contributed by atoms with E-state index in [0.717, 1.165) is 16.8 Å². The quantitative estimate of drug-likeness (QED) is 0.676. The number of alkyl halides is 3. The van der Waals surface area contributed by atoms with E-state index in [2.05, 4.69) is 15.2 Å². The van der Waals surface area contributed by atoms with Crippen molar-refractivity contribution in [3.05, 3.63) is 52.7 Å². The number of benzene rings is 1. The van der Waals surface area contributed by atoms with Gasteiger partial charge in [0.05, 0.1) is 22.4 Å². The Bertz CT molecular complexity index is 1060. The lowest BCUT2D eigenvalue weighted by molar-refractivity contribution is -0.137. The largest absolute Gasteiger partial charge is 0.478 e. The first-order chi connectivity index (χ1) is 13.1. The molecular formula is C18H15F3N4O3. The molecule has 3 rings (SSSR count). The van der Waals surface area contributed by atoms with Crippen LogP contribution in [0.2, 0.25) is 0 Å². The molecular weight excluding hydrogens is 377 g/mol. The van der Waals surface area contributed by atoms with Crippen LogP contribution in [0.25, 0.3) is 23.2 Å². The number of aliphatic carboxylic acids is 1. The summed E-state index contributed by atoms with van der Waals surface area (Å²) in [5.74, 6) is -0.879. The minimum Gasteiger partial charge on any atom is -0.478 e. The summed E-state index contributed by atoms with van der Waals surface area (Å²) >= 11 is 0. The molecule has 28 heavy (non-hydrogen) atoms. The Morgan fingerprint density at radius 2 is 1.93 bits per heavy atom. The van der Waals surface area contributed by atoms with E-state index in [9.17, 15) is 23.1 Å². The number of aryl methyl sites for hydroxylation is 3. The highest BCUT2D eigenvalue weighted by Gasteiger charge is 2.31. The molecule has 1 N–H and O–H groups in total. The monoisotopic (exact) mass is 392 g/mol. The van der Waals surface area contributed by atoms with Gasteiger partial charge in [-0.2, -0.15) is 13.2 Å². The van der Waals surface area contributed by atoms with E-state index in [1.165, 1.54) is 25.5 Å². The zero-order chi connectivity index (χ0) is 20.6. The molecule has 0 spiro atoms. The molecule has 0 atom stereocenters. The van der Waals surface area contributed by atoms with E-state index in [1.807, 2.05) is 0 Å². The number of rotatable bonds is 4. The van der Waals surface area contributed by atoms with Gasteiger partial charge in [0.2, 0.25) is 0 Å². The fraction of sp³-hybridized carbons (Fsp3) is 0.222. The molecule has 0 bridgehead atoms. The number of carboxylic acids is 1. The Hall–Kier alpha value is -3.43. The average Bonchev–Trinajstić information content (AvgIpc) is 3.18. The van der Waals surface area contributed by atoms with Crippen LogP contribution < -0.4 is 0 Å². The average molecular weight is 392 g/mol. The maximum absolute atomic E-state index is 13.0. The normalized spacial score (nSPS) is 12.4. The van der Waals surface area contributed by atoms with Crippen molar-refractivity contribution in [1.82, 2.24) is 19.9 Å². The second kappa shape index (κ2) is 6.95. The molecule has 0 aliphatic heterocycles. The predicted octanol–water partition coefficient (Wildman–Crippen LogP) is 3.96. The summed E-state index contributed by atoms with van der Waals surface area (Å²) in [6, 6.07) is 3.49. The summed E-state index contributed by atoms with van der Waals surface area (Å²) in [5, 5.41) is 17.3. The number of hydrogen-bond donors (Lipinski definition) is 1. The fourth-order valence-corrected chi connectivity index (χ4v) is 2.77. The number of nitrogens with zero attached hydrogens (tertiary/aromatic N) is 4. The van der Waals surface area contributed by atoms with Gasteiger partial charge in [-0.15, -0.1) is 5.10 Å². The third-order valence-electron chi connectivity index (χ3n) is 3.97. The molecule has 0 amide bonds. The van der Waals surface area contributed by atoms with Crippen LogP contribution in [0.4, 0.5) is 13.2 Å². The van der Waals surface area contributed by atoms with Crippen LogP contribution in [0.15, 0.2) is 29.0 Å². The van der Waals surface area contributed by atoms with Crippen LogP contribution in [-0.4, -0.2) is 31.0 Å². The number of aromatic nitrogens is 4. The molecule has 2 aromatic heterocycles. The number of halogens is 3. The third-order valence-corrected chi connectivity index (χ3v) is 3.97. The lowest BCUT2D eigenvalue weighted by Crippen LogP contribution is -2.05. The van der Waals surface area contributed by atoms with Crippen molar-refractivity contribution in [3.63, 3.8) is 0 Å². The lowest BCUT2D eigenvalue weighted by atomic mass is 10.1. The SMILES string of the molecule is Cc1cc(-c2ncn(/C=C(\C(=O)O)c3c(C)noc3C)n2)cc(C(F)(F)F)c1. The van der Waals surface area contributed by atoms with Crippen LogP contribution >= 0.6 is 0 Å². The van der Waals surface area contributed by atoms with Gasteiger partial charge in [0.15, 0.2) is 5.82 Å². The molecule has 0 unspecified atom stereocenters. The third kappa shape index (κ3) is 3.80. The molecule has 1 aromatic carbocycles. The van der Waals surface area contributed by atoms with E-state index in [4.69, 9.17) is 4.52 Å². The number of hydrogen-bond acceptors (Lipinski definition) is 5. The fourth-order valence-electron chi connectivity index (χ4n) is 2.77. The van der Waals surface area contributed by atoms with E-state index in [0.29, 0.717) is 22.6 Å². The molecule has 10 heteroatoms. The summed E-state index contributed by atoms with van der Waals surface area (Å²) in [6.45, 7) is 4.71. The second-order valence-corrected chi connectivity index (χ2v) is 6.18. The highest BCUT2D eigenvalue weighted by atomic mass is 19.4. The topological polar surface area (TPSA) is 94.0 Å². The highest BCUT2D eigenvalue weighted by Crippen LogP contribution is 2.32. The molecule has 0 saturated heterocycles. The zero-order valence-electron chi connectivity index (χ0n) is 15.1. The molecule has 0 saturated carbocycles. The van der Waals surface area contributed by atoms with Gasteiger partial charge in [0.1, 0.15) is 12.1 Å². The van der Waals surface area contributed by atoms with Gasteiger partial charge in [-0.05, 0) is 44.5 Å². The summed E-state index contributed by atoms with van der Waals surface area (Å²) < 4.78 is 45.2. The molecule has 0 aliphatic carbocycles. The maximum Gasteiger partial charge on any atom is 0.416 e. The van der Waals surface area contributed by atoms with E-state index in [1.54, 1.807) is 13.8 Å². The van der Waals surface area contributed by atoms with Gasteiger partial charge in [0.25, 0.3) is 0 Å². The van der Waals surface area contributed by atoms with Crippen molar-refractivity contribution in [3.8, 4) is 11.4 Å². The highest BCUT2D eigenvalue weighted by molar-refractivity contribution is 6.19. The molecule has 7 nitrogen and oxygen atoms in total. The van der Waals surface area contributed by atoms with Crippen molar-refractivity contribution in [2.24, 2.45) is 0 Å². The van der Waals surface area contributed by atoms with Crippen molar-refractivity contribution < 1.29 is 27.6 Å². The van der Waals surface area contributed by atoms with Crippen LogP contribution in [0, 0.1) is 20.8 Å². The molecule has 0 aliphatic rings. The lowest BCUT2D eigenvalue weighted by Gasteiger charge is -2.09. The Labute approximate surface area is 157 Å². The van der Waals surface area contributed by atoms with Crippen molar-refractivity contribution in [1.29, 1.82) is 0 Å². The van der Waals surface area contributed by atoms with Crippen molar-refractivity contribution in [2.45, 2.75) is 26.9 Å². The summed E-state index contributed by atoms with van der Waals surface area (Å²) in [6.07, 6.45) is -2.08. The Balaban J connectivity index is 2.04. The van der Waals surface area contributed by atoms with Gasteiger partial charge in [-0.25, -0.2) is 14.5 Å². The zero-order valence-corrected chi connectivity index (χ0v) is 15.1. The van der Waals surface area contributed by atoms with E-state index < -0.39 is 17.7 Å². The minimum atomic E-state index is -4.50. The summed E-state index contributed by atoms with van der Waals surface area (Å²) in [7, 11) is 0. The number of carbonyl (C=O) groups is 1. The van der Waals surface area contributed by atoms with Crippen molar-refractivity contribution >= 4 is 17.7 Å². The molecule has 0 fully saturated rings. The van der Waals surface area contributed by atoms with Gasteiger partial charge in [-0.3, -0.25) is 0 Å². The number of carboxylic acid groups (broad SMARTS) is 1. The molecule has 0 radical (unpaired) electrons. The van der Waals surface area contributed by atoms with Gasteiger partial charge in [-0.1, -0.05) is 5.16 Å². The smallest absolute Gasteiger partial charge is 0.416 e. The molecule has 3 aromatic rings. The van der Waals surface area contributed by atoms with E-state index in [-0.39, 0.29) is 17.0 Å². The van der Waals surface area contributed by atoms with Crippen LogP contribution in [-0.2, 0) is 11.0 Å². The van der Waals surface area contributed by atoms with E-state index >= 15 is 0 Å². The Morgan fingerprint density at radius 1 is 1.21 bits per heavy atom. The first-order valence-corrected chi connectivity index (χ1v) is 8.05. The minimum absolute atomic E-state index is 0.0361. The summed E-state index contributed by atoms with van der Waals surface area (Å²) in [5.41, 5.74) is 0.330. The Morgan fingerprint density at radius 3 is 2.50 bits per heavy atom. The molecule has 146 valence electrons. The van der Waals surface area contributed by atoms with Gasteiger partial charge < -0.3 is 9.63 Å². The standard InChI is InChI=1S/C18H15F3N4O3/c1-9-4-12(6-13(5-9)18(19,20)21)16-22-8-25(23-16)7-14(17(26)27)15-10(2)24-28-11(15)3/h4-8H,1-3H3,(H,26,27)/b14-7-. The van der Waals surface area contributed by atoms with Gasteiger partial charge >= 0.3 is 12.1 Å². The maximum atomic E-state index is 13.0. The van der Waals surface area contributed by atoms with Crippen LogP contribution in [0.1, 0.15) is 28.1 Å². The first-order valence-electron chi connectivity index (χ1n) is 8.05. The summed E-state index contributed by atoms with van der Waals surface area (Å²) in [4.78, 5) is 15.7. The van der Waals surface area contributed by atoms with Crippen LogP contribution in [0.3, 0.4) is 0 Å². The predicted molar refractivity (Wildman–Crippen MR) is 93.0 cm³/mol.